The van der Waals surface area contributed by atoms with Crippen LogP contribution < -0.4 is 5.32 Å². The second kappa shape index (κ2) is 10.6. The first-order valence-corrected chi connectivity index (χ1v) is 7.94. The minimum absolute atomic E-state index is 0.785. The third kappa shape index (κ3) is 7.22. The van der Waals surface area contributed by atoms with Crippen molar-refractivity contribution in [1.82, 2.24) is 20.2 Å². The van der Waals surface area contributed by atoms with Crippen molar-refractivity contribution >= 4 is 0 Å². The maximum absolute atomic E-state index is 9.72. The number of hydrogen-bond acceptors (Lipinski definition) is 5. The lowest BCUT2D eigenvalue weighted by Gasteiger charge is -2.32. The molecule has 2 saturated heterocycles. The molecule has 0 radical (unpaired) electrons. The van der Waals surface area contributed by atoms with E-state index in [0.717, 1.165) is 65.3 Å². The number of fused-ring (bicyclic) bond motifs is 3. The zero-order valence-electron chi connectivity index (χ0n) is 12.8. The third-order valence-corrected chi connectivity index (χ3v) is 3.73. The fourth-order valence-corrected chi connectivity index (χ4v) is 2.59. The number of nitrogens with one attached hydrogen (secondary N) is 1. The normalized spacial score (nSPS) is 31.1. The lowest BCUT2D eigenvalue weighted by atomic mass is 10.2. The minimum atomic E-state index is 0.785. The minimum Gasteiger partial charge on any atom is -0.315 e. The van der Waals surface area contributed by atoms with E-state index in [-0.39, 0.29) is 0 Å². The molecule has 2 aliphatic heterocycles. The summed E-state index contributed by atoms with van der Waals surface area (Å²) in [5.41, 5.74) is 0. The average molecular weight is 272 g/mol. The monoisotopic (exact) mass is 272 g/mol. The van der Waals surface area contributed by atoms with Gasteiger partial charge in [0.15, 0.2) is 0 Å². The molecule has 0 aromatic heterocycles. The first-order valence-electron chi connectivity index (χ1n) is 7.94. The zero-order chi connectivity index (χ0) is 13.9. The Morgan fingerprint density at radius 1 is 0.684 bits per heavy atom. The fraction of sp³-hybridized carbons (Fsp3) is 1.00. The maximum atomic E-state index is 9.72. The van der Waals surface area contributed by atoms with E-state index in [2.05, 4.69) is 15.1 Å². The first-order chi connectivity index (χ1) is 9.34. The third-order valence-electron chi connectivity index (χ3n) is 3.73. The van der Waals surface area contributed by atoms with Crippen LogP contribution in [0, 0.1) is 0 Å². The van der Waals surface area contributed by atoms with Crippen LogP contribution in [0.2, 0.25) is 0 Å². The quantitative estimate of drug-likeness (QED) is 0.680. The Kier molecular flexibility index (Phi) is 9.38. The van der Waals surface area contributed by atoms with E-state index in [1.165, 1.54) is 18.0 Å². The summed E-state index contributed by atoms with van der Waals surface area (Å²) in [4.78, 5) is 5.00. The van der Waals surface area contributed by atoms with Crippen LogP contribution in [-0.4, -0.2) is 85.5 Å². The zero-order valence-corrected chi connectivity index (χ0v) is 12.8. The lowest BCUT2D eigenvalue weighted by Crippen LogP contribution is -2.45. The molecule has 114 valence electrons. The van der Waals surface area contributed by atoms with Crippen LogP contribution >= 0.6 is 0 Å². The highest BCUT2D eigenvalue weighted by atomic mass is 16.5. The van der Waals surface area contributed by atoms with E-state index in [9.17, 15) is 5.21 Å². The Hall–Kier alpha value is -0.200. The van der Waals surface area contributed by atoms with Crippen molar-refractivity contribution in [3.63, 3.8) is 0 Å². The second-order valence-electron chi connectivity index (χ2n) is 5.09. The molecule has 2 aliphatic rings. The molecule has 0 amide bonds. The second-order valence-corrected chi connectivity index (χ2v) is 5.09. The highest BCUT2D eigenvalue weighted by Gasteiger charge is 2.14. The summed E-state index contributed by atoms with van der Waals surface area (Å²) in [5, 5.41) is 14.7. The van der Waals surface area contributed by atoms with Gasteiger partial charge in [-0.25, -0.2) is 0 Å². The molecule has 2 bridgehead atoms. The number of rotatable bonds is 0. The average Bonchev–Trinajstić information content (AvgIpc) is 2.46. The molecule has 2 heterocycles. The Balaban J connectivity index is 0.000000861. The van der Waals surface area contributed by atoms with Gasteiger partial charge in [-0.05, 0) is 32.5 Å². The Morgan fingerprint density at radius 2 is 1.32 bits per heavy atom. The van der Waals surface area contributed by atoms with Gasteiger partial charge in [0.05, 0.1) is 0 Å². The summed E-state index contributed by atoms with van der Waals surface area (Å²) < 4.78 is 0. The standard InChI is InChI=1S/C12H26N4O.C2H6/c17-16-7-2-6-14-8-4-13-3-1-5-15(10-9-14)11-12-16;1-2/h13,17H,1-12H2;1-2H3. The molecule has 0 aromatic carbocycles. The van der Waals surface area contributed by atoms with Gasteiger partial charge in [-0.3, -0.25) is 0 Å². The predicted molar refractivity (Wildman–Crippen MR) is 79.7 cm³/mol. The van der Waals surface area contributed by atoms with Crippen LogP contribution in [0.4, 0.5) is 0 Å². The van der Waals surface area contributed by atoms with Gasteiger partial charge in [-0.2, -0.15) is 5.06 Å². The van der Waals surface area contributed by atoms with Gasteiger partial charge in [-0.15, -0.1) is 0 Å². The molecule has 2 unspecified atom stereocenters. The van der Waals surface area contributed by atoms with Crippen molar-refractivity contribution in [2.45, 2.75) is 26.7 Å². The fourth-order valence-electron chi connectivity index (χ4n) is 2.59. The van der Waals surface area contributed by atoms with Gasteiger partial charge in [-0.1, -0.05) is 13.8 Å². The van der Waals surface area contributed by atoms with Gasteiger partial charge in [0.1, 0.15) is 0 Å². The summed E-state index contributed by atoms with van der Waals surface area (Å²) in [6.07, 6.45) is 2.28. The van der Waals surface area contributed by atoms with Crippen LogP contribution in [-0.2, 0) is 0 Å². The molecule has 2 atom stereocenters. The highest BCUT2D eigenvalue weighted by Crippen LogP contribution is 2.01. The van der Waals surface area contributed by atoms with Crippen molar-refractivity contribution in [3.8, 4) is 0 Å². The number of nitrogens with zero attached hydrogens (tertiary/aromatic N) is 3. The van der Waals surface area contributed by atoms with Crippen molar-refractivity contribution < 1.29 is 5.21 Å². The van der Waals surface area contributed by atoms with E-state index < -0.39 is 0 Å². The first kappa shape index (κ1) is 16.9. The van der Waals surface area contributed by atoms with Crippen molar-refractivity contribution in [2.75, 3.05) is 65.4 Å². The van der Waals surface area contributed by atoms with Crippen molar-refractivity contribution in [2.24, 2.45) is 0 Å². The number of hydrogen-bond donors (Lipinski definition) is 2. The topological polar surface area (TPSA) is 42.0 Å². The van der Waals surface area contributed by atoms with Gasteiger partial charge < -0.3 is 20.3 Å². The molecule has 19 heavy (non-hydrogen) atoms. The van der Waals surface area contributed by atoms with Gasteiger partial charge in [0.25, 0.3) is 0 Å². The molecule has 2 rings (SSSR count). The van der Waals surface area contributed by atoms with Gasteiger partial charge >= 0.3 is 0 Å². The Morgan fingerprint density at radius 3 is 2.11 bits per heavy atom. The van der Waals surface area contributed by atoms with E-state index in [4.69, 9.17) is 0 Å². The molecule has 0 aliphatic carbocycles. The largest absolute Gasteiger partial charge is 0.315 e. The van der Waals surface area contributed by atoms with Crippen LogP contribution in [0.3, 0.4) is 0 Å². The van der Waals surface area contributed by atoms with Crippen LogP contribution in [0.5, 0.6) is 0 Å². The van der Waals surface area contributed by atoms with Crippen LogP contribution in [0.1, 0.15) is 26.7 Å². The van der Waals surface area contributed by atoms with Crippen LogP contribution in [0.15, 0.2) is 0 Å². The number of hydroxylamine groups is 2. The summed E-state index contributed by atoms with van der Waals surface area (Å²) in [6.45, 7) is 14.5. The molecule has 2 fully saturated rings. The maximum Gasteiger partial charge on any atom is 0.0365 e. The summed E-state index contributed by atoms with van der Waals surface area (Å²) in [6, 6.07) is 0. The van der Waals surface area contributed by atoms with E-state index in [1.807, 2.05) is 13.8 Å². The van der Waals surface area contributed by atoms with E-state index in [0.29, 0.717) is 0 Å². The van der Waals surface area contributed by atoms with Crippen LogP contribution in [0.25, 0.3) is 0 Å². The molecule has 0 spiro atoms. The molecule has 5 heteroatoms. The SMILES string of the molecule is CC.ON1CCCN2CCNCCCN(CC1)CC2. The Bertz CT molecular complexity index is 216. The molecule has 5 nitrogen and oxygen atoms in total. The predicted octanol–water partition coefficient (Wildman–Crippen LogP) is 0.705. The van der Waals surface area contributed by atoms with Gasteiger partial charge in [0, 0.05) is 45.8 Å². The van der Waals surface area contributed by atoms with Crippen molar-refractivity contribution in [3.05, 3.63) is 0 Å². The van der Waals surface area contributed by atoms with Gasteiger partial charge in [0.2, 0.25) is 0 Å². The Labute approximate surface area is 118 Å². The summed E-state index contributed by atoms with van der Waals surface area (Å²) in [5.74, 6) is 0. The van der Waals surface area contributed by atoms with E-state index in [1.54, 1.807) is 0 Å². The molecule has 0 aromatic rings. The summed E-state index contributed by atoms with van der Waals surface area (Å²) >= 11 is 0. The summed E-state index contributed by atoms with van der Waals surface area (Å²) in [7, 11) is 0. The smallest absolute Gasteiger partial charge is 0.0365 e. The molecular weight excluding hydrogens is 240 g/mol. The molecule has 2 N–H and O–H groups in total. The molecular formula is C14H32N4O. The van der Waals surface area contributed by atoms with Crippen molar-refractivity contribution in [1.29, 1.82) is 0 Å². The van der Waals surface area contributed by atoms with E-state index >= 15 is 0 Å². The molecule has 0 saturated carbocycles. The lowest BCUT2D eigenvalue weighted by molar-refractivity contribution is -0.0985. The highest BCUT2D eigenvalue weighted by molar-refractivity contribution is 4.70.